The van der Waals surface area contributed by atoms with E-state index in [0.717, 1.165) is 43.2 Å². The first-order valence-corrected chi connectivity index (χ1v) is 10.6. The SMILES string of the molecule is COc1cc2ncc3c(-c4cccc(Br)c4)nn(-c4ccc(C)cc4)c3c2cc1OC. The third-order valence-corrected chi connectivity index (χ3v) is 5.88. The van der Waals surface area contributed by atoms with Crippen molar-refractivity contribution in [2.75, 3.05) is 14.2 Å². The summed E-state index contributed by atoms with van der Waals surface area (Å²) in [5.74, 6) is 1.31. The van der Waals surface area contributed by atoms with Crippen molar-refractivity contribution < 1.29 is 9.47 Å². The van der Waals surface area contributed by atoms with Crippen LogP contribution in [0.2, 0.25) is 0 Å². The molecule has 0 aliphatic carbocycles. The van der Waals surface area contributed by atoms with Gasteiger partial charge in [-0.2, -0.15) is 5.10 Å². The van der Waals surface area contributed by atoms with E-state index in [0.29, 0.717) is 11.5 Å². The Morgan fingerprint density at radius 2 is 1.61 bits per heavy atom. The predicted octanol–water partition coefficient (Wildman–Crippen LogP) is 6.33. The summed E-state index contributed by atoms with van der Waals surface area (Å²) < 4.78 is 14.0. The summed E-state index contributed by atoms with van der Waals surface area (Å²) in [7, 11) is 3.27. The van der Waals surface area contributed by atoms with Gasteiger partial charge >= 0.3 is 0 Å². The first-order chi connectivity index (χ1) is 15.1. The highest BCUT2D eigenvalue weighted by Gasteiger charge is 2.19. The Labute approximate surface area is 188 Å². The number of halogens is 1. The van der Waals surface area contributed by atoms with Crippen LogP contribution in [-0.2, 0) is 0 Å². The van der Waals surface area contributed by atoms with Crippen molar-refractivity contribution in [3.63, 3.8) is 0 Å². The fourth-order valence-corrected chi connectivity index (χ4v) is 4.23. The Bertz CT molecular complexity index is 1420. The topological polar surface area (TPSA) is 49.2 Å². The number of pyridine rings is 1. The molecule has 0 radical (unpaired) electrons. The molecule has 0 fully saturated rings. The summed E-state index contributed by atoms with van der Waals surface area (Å²) in [6.07, 6.45) is 1.89. The fourth-order valence-electron chi connectivity index (χ4n) is 3.83. The minimum atomic E-state index is 0.649. The van der Waals surface area contributed by atoms with Crippen molar-refractivity contribution in [2.24, 2.45) is 0 Å². The summed E-state index contributed by atoms with van der Waals surface area (Å²) in [6, 6.07) is 20.4. The zero-order valence-electron chi connectivity index (χ0n) is 17.4. The van der Waals surface area contributed by atoms with E-state index in [1.165, 1.54) is 5.56 Å². The minimum Gasteiger partial charge on any atom is -0.493 e. The molecule has 3 aromatic carbocycles. The molecule has 5 rings (SSSR count). The van der Waals surface area contributed by atoms with Crippen molar-refractivity contribution in [1.82, 2.24) is 14.8 Å². The third-order valence-electron chi connectivity index (χ3n) is 5.39. The molecule has 0 saturated heterocycles. The van der Waals surface area contributed by atoms with Gasteiger partial charge in [0.15, 0.2) is 11.5 Å². The Hall–Kier alpha value is -3.38. The van der Waals surface area contributed by atoms with E-state index in [-0.39, 0.29) is 0 Å². The molecule has 5 nitrogen and oxygen atoms in total. The molecule has 0 aliphatic rings. The highest BCUT2D eigenvalue weighted by Crippen LogP contribution is 2.38. The lowest BCUT2D eigenvalue weighted by Gasteiger charge is -2.11. The van der Waals surface area contributed by atoms with E-state index in [9.17, 15) is 0 Å². The Morgan fingerprint density at radius 1 is 0.871 bits per heavy atom. The standard InChI is InChI=1S/C25H20BrN3O2/c1-15-7-9-18(10-8-15)29-25-19-12-22(30-2)23(31-3)13-21(19)27-14-20(25)24(28-29)16-5-4-6-17(26)11-16/h4-14H,1-3H3. The molecule has 0 atom stereocenters. The zero-order valence-corrected chi connectivity index (χ0v) is 19.0. The van der Waals surface area contributed by atoms with Gasteiger partial charge in [-0.05, 0) is 37.3 Å². The molecule has 0 amide bonds. The number of aromatic nitrogens is 3. The van der Waals surface area contributed by atoms with Crippen LogP contribution < -0.4 is 9.47 Å². The second kappa shape index (κ2) is 7.71. The molecule has 2 aromatic heterocycles. The second-order valence-corrected chi connectivity index (χ2v) is 8.27. The highest BCUT2D eigenvalue weighted by atomic mass is 79.9. The van der Waals surface area contributed by atoms with E-state index in [2.05, 4.69) is 59.3 Å². The van der Waals surface area contributed by atoms with Gasteiger partial charge < -0.3 is 9.47 Å². The van der Waals surface area contributed by atoms with Gasteiger partial charge in [-0.3, -0.25) is 4.98 Å². The van der Waals surface area contributed by atoms with Crippen LogP contribution in [-0.4, -0.2) is 29.0 Å². The fraction of sp³-hybridized carbons (Fsp3) is 0.120. The molecule has 31 heavy (non-hydrogen) atoms. The molecular formula is C25H20BrN3O2. The van der Waals surface area contributed by atoms with Gasteiger partial charge in [0, 0.05) is 33.1 Å². The van der Waals surface area contributed by atoms with Crippen LogP contribution in [0, 0.1) is 6.92 Å². The van der Waals surface area contributed by atoms with Gasteiger partial charge in [0.05, 0.1) is 30.9 Å². The molecule has 0 unspecified atom stereocenters. The van der Waals surface area contributed by atoms with Crippen molar-refractivity contribution >= 4 is 37.7 Å². The Morgan fingerprint density at radius 3 is 2.32 bits per heavy atom. The average Bonchev–Trinajstić information content (AvgIpc) is 3.18. The number of hydrogen-bond donors (Lipinski definition) is 0. The maximum absolute atomic E-state index is 5.57. The summed E-state index contributed by atoms with van der Waals surface area (Å²) in [4.78, 5) is 4.72. The lowest BCUT2D eigenvalue weighted by Crippen LogP contribution is -1.98. The number of benzene rings is 3. The zero-order chi connectivity index (χ0) is 21.5. The molecule has 6 heteroatoms. The quantitative estimate of drug-likeness (QED) is 0.306. The van der Waals surface area contributed by atoms with Gasteiger partial charge in [0.2, 0.25) is 0 Å². The molecule has 0 N–H and O–H groups in total. The number of fused-ring (bicyclic) bond motifs is 3. The summed E-state index contributed by atoms with van der Waals surface area (Å²) in [6.45, 7) is 2.08. The summed E-state index contributed by atoms with van der Waals surface area (Å²) in [5.41, 5.74) is 5.88. The lowest BCUT2D eigenvalue weighted by atomic mass is 10.1. The molecule has 154 valence electrons. The molecule has 0 bridgehead atoms. The van der Waals surface area contributed by atoms with Gasteiger partial charge in [-0.1, -0.05) is 45.8 Å². The molecule has 0 spiro atoms. The highest BCUT2D eigenvalue weighted by molar-refractivity contribution is 9.10. The van der Waals surface area contributed by atoms with Crippen molar-refractivity contribution in [1.29, 1.82) is 0 Å². The second-order valence-electron chi connectivity index (χ2n) is 7.35. The van der Waals surface area contributed by atoms with Gasteiger partial charge in [0.25, 0.3) is 0 Å². The first-order valence-electron chi connectivity index (χ1n) is 9.85. The number of rotatable bonds is 4. The molecular weight excluding hydrogens is 454 g/mol. The van der Waals surface area contributed by atoms with Crippen LogP contribution in [0.5, 0.6) is 11.5 Å². The average molecular weight is 474 g/mol. The van der Waals surface area contributed by atoms with Crippen LogP contribution in [0.1, 0.15) is 5.56 Å². The smallest absolute Gasteiger partial charge is 0.162 e. The molecule has 5 aromatic rings. The van der Waals surface area contributed by atoms with E-state index in [1.54, 1.807) is 14.2 Å². The number of ether oxygens (including phenoxy) is 2. The van der Waals surface area contributed by atoms with Crippen molar-refractivity contribution in [3.05, 3.63) is 76.9 Å². The molecule has 2 heterocycles. The maximum atomic E-state index is 5.57. The van der Waals surface area contributed by atoms with E-state index in [4.69, 9.17) is 19.6 Å². The van der Waals surface area contributed by atoms with Crippen LogP contribution in [0.25, 0.3) is 38.8 Å². The van der Waals surface area contributed by atoms with Crippen LogP contribution in [0.4, 0.5) is 0 Å². The van der Waals surface area contributed by atoms with Crippen LogP contribution in [0.3, 0.4) is 0 Å². The predicted molar refractivity (Wildman–Crippen MR) is 127 cm³/mol. The minimum absolute atomic E-state index is 0.649. The Balaban J connectivity index is 1.90. The summed E-state index contributed by atoms with van der Waals surface area (Å²) >= 11 is 3.58. The van der Waals surface area contributed by atoms with Gasteiger partial charge in [-0.15, -0.1) is 0 Å². The third kappa shape index (κ3) is 3.33. The van der Waals surface area contributed by atoms with E-state index in [1.807, 2.05) is 35.1 Å². The monoisotopic (exact) mass is 473 g/mol. The lowest BCUT2D eigenvalue weighted by molar-refractivity contribution is 0.356. The van der Waals surface area contributed by atoms with Crippen LogP contribution in [0.15, 0.2) is 71.3 Å². The number of aryl methyl sites for hydroxylation is 1. The number of nitrogens with zero attached hydrogens (tertiary/aromatic N) is 3. The van der Waals surface area contributed by atoms with E-state index < -0.39 is 0 Å². The molecule has 0 aliphatic heterocycles. The van der Waals surface area contributed by atoms with Crippen LogP contribution >= 0.6 is 15.9 Å². The Kier molecular flexibility index (Phi) is 4.87. The first kappa shape index (κ1) is 19.6. The summed E-state index contributed by atoms with van der Waals surface area (Å²) in [5, 5.41) is 6.95. The molecule has 0 saturated carbocycles. The van der Waals surface area contributed by atoms with Gasteiger partial charge in [0.1, 0.15) is 5.69 Å². The largest absolute Gasteiger partial charge is 0.493 e. The van der Waals surface area contributed by atoms with Crippen molar-refractivity contribution in [2.45, 2.75) is 6.92 Å². The number of methoxy groups -OCH3 is 2. The normalized spacial score (nSPS) is 11.2. The van der Waals surface area contributed by atoms with Crippen molar-refractivity contribution in [3.8, 4) is 28.4 Å². The van der Waals surface area contributed by atoms with E-state index >= 15 is 0 Å². The number of hydrogen-bond acceptors (Lipinski definition) is 4. The van der Waals surface area contributed by atoms with Gasteiger partial charge in [-0.25, -0.2) is 4.68 Å². The maximum Gasteiger partial charge on any atom is 0.162 e.